The molecule has 0 bridgehead atoms. The van der Waals surface area contributed by atoms with Crippen molar-refractivity contribution in [3.8, 4) is 23.7 Å². The van der Waals surface area contributed by atoms with E-state index in [1.165, 1.54) is 6.07 Å². The number of hydrogen-bond acceptors (Lipinski definition) is 4. The second-order valence-electron chi connectivity index (χ2n) is 3.11. The third kappa shape index (κ3) is 2.74. The second kappa shape index (κ2) is 4.67. The van der Waals surface area contributed by atoms with Crippen LogP contribution in [0.15, 0.2) is 27.4 Å². The molecule has 0 spiro atoms. The predicted molar refractivity (Wildman–Crippen MR) is 55.4 cm³/mol. The normalized spacial score (nSPS) is 21.3. The Labute approximate surface area is 91.9 Å². The average Bonchev–Trinajstić information content (AvgIpc) is 3.03. The van der Waals surface area contributed by atoms with Crippen LogP contribution >= 0.6 is 0 Å². The van der Waals surface area contributed by atoms with Crippen LogP contribution in [0.3, 0.4) is 0 Å². The average molecular weight is 216 g/mol. The molecule has 4 nitrogen and oxygen atoms in total. The number of ether oxygens (including phenoxy) is 1. The lowest BCUT2D eigenvalue weighted by molar-refractivity contribution is 0.243. The molecule has 1 saturated heterocycles. The third-order valence-corrected chi connectivity index (χ3v) is 1.92. The van der Waals surface area contributed by atoms with Crippen LogP contribution in [0.2, 0.25) is 0 Å². The standard InChI is InChI=1S/C12H8O4/c13-8-11-10(16-11)6-2-1-4-9-5-3-7-12(14)15-9/h3,5,7,10-11,13H,8H2/t10?,11-/m0/s1. The van der Waals surface area contributed by atoms with Crippen LogP contribution in [-0.2, 0) is 4.74 Å². The first-order chi connectivity index (χ1) is 7.79. The van der Waals surface area contributed by atoms with E-state index in [9.17, 15) is 4.79 Å². The number of epoxide rings is 1. The maximum Gasteiger partial charge on any atom is 0.336 e. The summed E-state index contributed by atoms with van der Waals surface area (Å²) >= 11 is 0. The monoisotopic (exact) mass is 216 g/mol. The van der Waals surface area contributed by atoms with Gasteiger partial charge in [-0.3, -0.25) is 0 Å². The van der Waals surface area contributed by atoms with Crippen molar-refractivity contribution in [3.05, 3.63) is 34.4 Å². The molecule has 0 radical (unpaired) electrons. The van der Waals surface area contributed by atoms with Gasteiger partial charge in [0.15, 0.2) is 5.76 Å². The van der Waals surface area contributed by atoms with Crippen LogP contribution in [0.25, 0.3) is 0 Å². The van der Waals surface area contributed by atoms with Crippen LogP contribution in [0.1, 0.15) is 5.76 Å². The van der Waals surface area contributed by atoms with Gasteiger partial charge < -0.3 is 14.3 Å². The Hall–Kier alpha value is -2.01. The zero-order valence-electron chi connectivity index (χ0n) is 8.27. The fourth-order valence-corrected chi connectivity index (χ4v) is 1.07. The van der Waals surface area contributed by atoms with Gasteiger partial charge in [-0.1, -0.05) is 12.0 Å². The Morgan fingerprint density at radius 2 is 2.25 bits per heavy atom. The van der Waals surface area contributed by atoms with Crippen molar-refractivity contribution < 1.29 is 14.3 Å². The Morgan fingerprint density at radius 3 is 2.94 bits per heavy atom. The van der Waals surface area contributed by atoms with Crippen LogP contribution in [-0.4, -0.2) is 23.9 Å². The van der Waals surface area contributed by atoms with Crippen molar-refractivity contribution in [2.45, 2.75) is 12.2 Å². The molecule has 4 heteroatoms. The highest BCUT2D eigenvalue weighted by Gasteiger charge is 2.36. The van der Waals surface area contributed by atoms with E-state index in [0.29, 0.717) is 0 Å². The lowest BCUT2D eigenvalue weighted by Gasteiger charge is -1.83. The van der Waals surface area contributed by atoms with Crippen molar-refractivity contribution in [1.82, 2.24) is 0 Å². The maximum absolute atomic E-state index is 10.8. The van der Waals surface area contributed by atoms with Crippen molar-refractivity contribution in [1.29, 1.82) is 0 Å². The fourth-order valence-electron chi connectivity index (χ4n) is 1.07. The number of hydrogen-bond donors (Lipinski definition) is 1. The van der Waals surface area contributed by atoms with Crippen molar-refractivity contribution in [2.24, 2.45) is 0 Å². The molecule has 2 atom stereocenters. The maximum atomic E-state index is 10.8. The summed E-state index contributed by atoms with van der Waals surface area (Å²) in [5, 5.41) is 8.66. The molecule has 16 heavy (non-hydrogen) atoms. The molecule has 0 saturated carbocycles. The molecule has 1 aliphatic rings. The minimum absolute atomic E-state index is 0.0274. The molecule has 0 amide bonds. The van der Waals surface area contributed by atoms with Crippen LogP contribution < -0.4 is 5.63 Å². The topological polar surface area (TPSA) is 63.0 Å². The highest BCUT2D eigenvalue weighted by molar-refractivity contribution is 5.35. The Morgan fingerprint density at radius 1 is 1.38 bits per heavy atom. The van der Waals surface area contributed by atoms with Crippen molar-refractivity contribution in [2.75, 3.05) is 6.61 Å². The second-order valence-corrected chi connectivity index (χ2v) is 3.11. The molecule has 1 N–H and O–H groups in total. The summed E-state index contributed by atoms with van der Waals surface area (Å²) in [5.41, 5.74) is -0.439. The van der Waals surface area contributed by atoms with E-state index in [4.69, 9.17) is 14.3 Å². The SMILES string of the molecule is O=c1cccc(C#CC#CC2O[C@H]2CO)o1. The van der Waals surface area contributed by atoms with Crippen LogP contribution in [0.5, 0.6) is 0 Å². The highest BCUT2D eigenvalue weighted by Crippen LogP contribution is 2.19. The minimum Gasteiger partial charge on any atom is -0.414 e. The largest absolute Gasteiger partial charge is 0.414 e. The fraction of sp³-hybridized carbons (Fsp3) is 0.250. The number of rotatable bonds is 1. The molecule has 1 fully saturated rings. The van der Waals surface area contributed by atoms with Gasteiger partial charge >= 0.3 is 5.63 Å². The van der Waals surface area contributed by atoms with E-state index in [2.05, 4.69) is 23.7 Å². The summed E-state index contributed by atoms with van der Waals surface area (Å²) < 4.78 is 9.75. The molecule has 1 aromatic heterocycles. The van der Waals surface area contributed by atoms with Crippen molar-refractivity contribution in [3.63, 3.8) is 0 Å². The first-order valence-corrected chi connectivity index (χ1v) is 4.67. The predicted octanol–water partition coefficient (Wildman–Crippen LogP) is -0.246. The van der Waals surface area contributed by atoms with E-state index in [1.807, 2.05) is 0 Å². The number of aliphatic hydroxyl groups is 1. The zero-order chi connectivity index (χ0) is 11.4. The minimum atomic E-state index is -0.439. The lowest BCUT2D eigenvalue weighted by Crippen LogP contribution is -1.96. The van der Waals surface area contributed by atoms with Gasteiger partial charge in [-0.05, 0) is 23.8 Å². The highest BCUT2D eigenvalue weighted by atomic mass is 16.6. The summed E-state index contributed by atoms with van der Waals surface area (Å²) in [7, 11) is 0. The van der Waals surface area contributed by atoms with Gasteiger partial charge in [-0.15, -0.1) is 0 Å². The third-order valence-electron chi connectivity index (χ3n) is 1.92. The first-order valence-electron chi connectivity index (χ1n) is 4.67. The van der Waals surface area contributed by atoms with Gasteiger partial charge in [0.2, 0.25) is 0 Å². The van der Waals surface area contributed by atoms with E-state index in [1.54, 1.807) is 12.1 Å². The van der Waals surface area contributed by atoms with Gasteiger partial charge in [-0.25, -0.2) is 4.79 Å². The van der Waals surface area contributed by atoms with Gasteiger partial charge in [0.1, 0.15) is 12.2 Å². The van der Waals surface area contributed by atoms with Crippen LogP contribution in [0.4, 0.5) is 0 Å². The molecule has 1 unspecified atom stereocenters. The smallest absolute Gasteiger partial charge is 0.336 e. The van der Waals surface area contributed by atoms with Gasteiger partial charge in [0.05, 0.1) is 6.61 Å². The summed E-state index contributed by atoms with van der Waals surface area (Å²) in [5.74, 6) is 10.7. The summed E-state index contributed by atoms with van der Waals surface area (Å²) in [6.45, 7) is -0.0274. The zero-order valence-corrected chi connectivity index (χ0v) is 8.27. The first kappa shape index (κ1) is 10.5. The summed E-state index contributed by atoms with van der Waals surface area (Å²) in [6.07, 6.45) is -0.397. The Kier molecular flexibility index (Phi) is 3.07. The van der Waals surface area contributed by atoms with Crippen molar-refractivity contribution >= 4 is 0 Å². The Balaban J connectivity index is 1.98. The Bertz CT molecular complexity index is 550. The molecule has 2 rings (SSSR count). The van der Waals surface area contributed by atoms with E-state index >= 15 is 0 Å². The van der Waals surface area contributed by atoms with Gasteiger partial charge in [0.25, 0.3) is 0 Å². The van der Waals surface area contributed by atoms with E-state index in [0.717, 1.165) is 0 Å². The van der Waals surface area contributed by atoms with E-state index in [-0.39, 0.29) is 24.6 Å². The molecule has 0 aromatic carbocycles. The lowest BCUT2D eigenvalue weighted by atomic mass is 10.3. The molecular weight excluding hydrogens is 208 g/mol. The quantitative estimate of drug-likeness (QED) is 0.519. The van der Waals surface area contributed by atoms with Gasteiger partial charge in [0, 0.05) is 6.07 Å². The molecule has 2 heterocycles. The molecule has 1 aliphatic heterocycles. The van der Waals surface area contributed by atoms with Crippen LogP contribution in [0, 0.1) is 23.7 Å². The molecule has 1 aromatic rings. The molecular formula is C12H8O4. The molecule has 0 aliphatic carbocycles. The summed E-state index contributed by atoms with van der Waals surface area (Å²) in [6, 6.07) is 4.45. The van der Waals surface area contributed by atoms with E-state index < -0.39 is 5.63 Å². The number of aliphatic hydroxyl groups excluding tert-OH is 1. The summed E-state index contributed by atoms with van der Waals surface area (Å²) in [4.78, 5) is 10.8. The molecule has 80 valence electrons. The van der Waals surface area contributed by atoms with Gasteiger partial charge in [-0.2, -0.15) is 0 Å².